The maximum Gasteiger partial charge on any atom is 0.137 e. The van der Waals surface area contributed by atoms with E-state index in [2.05, 4.69) is 228 Å². The highest BCUT2D eigenvalue weighted by Gasteiger charge is 2.25. The van der Waals surface area contributed by atoms with Crippen LogP contribution in [0.15, 0.2) is 218 Å². The van der Waals surface area contributed by atoms with Gasteiger partial charge in [-0.2, -0.15) is 0 Å². The van der Waals surface area contributed by atoms with E-state index >= 15 is 0 Å². The van der Waals surface area contributed by atoms with Gasteiger partial charge >= 0.3 is 0 Å². The minimum absolute atomic E-state index is 0.837. The molecule has 0 saturated carbocycles. The van der Waals surface area contributed by atoms with Crippen LogP contribution in [0.3, 0.4) is 0 Å². The van der Waals surface area contributed by atoms with E-state index in [1.807, 2.05) is 0 Å². The first-order valence-electron chi connectivity index (χ1n) is 18.7. The van der Waals surface area contributed by atoms with Gasteiger partial charge in [-0.15, -0.1) is 0 Å². The number of anilines is 6. The van der Waals surface area contributed by atoms with Crippen LogP contribution >= 0.6 is 0 Å². The van der Waals surface area contributed by atoms with Gasteiger partial charge in [0.15, 0.2) is 0 Å². The Hall–Kier alpha value is -7.36. The third-order valence-corrected chi connectivity index (χ3v) is 10.4. The van der Waals surface area contributed by atoms with Gasteiger partial charge in [-0.3, -0.25) is 0 Å². The fraction of sp³-hybridized carbons (Fsp3) is 0. The van der Waals surface area contributed by atoms with Crippen molar-refractivity contribution in [2.24, 2.45) is 0 Å². The van der Waals surface area contributed by atoms with E-state index in [4.69, 9.17) is 4.74 Å². The van der Waals surface area contributed by atoms with Crippen LogP contribution in [-0.4, -0.2) is 0 Å². The number of rotatable bonds is 8. The number of nitrogens with zero attached hydrogens (tertiary/aromatic N) is 2. The van der Waals surface area contributed by atoms with Crippen molar-refractivity contribution in [2.45, 2.75) is 0 Å². The van der Waals surface area contributed by atoms with E-state index in [1.165, 1.54) is 22.3 Å². The third kappa shape index (κ3) is 5.98. The van der Waals surface area contributed by atoms with Crippen molar-refractivity contribution in [3.05, 3.63) is 218 Å². The van der Waals surface area contributed by atoms with Crippen molar-refractivity contribution in [1.29, 1.82) is 0 Å². The molecule has 3 nitrogen and oxygen atoms in total. The summed E-state index contributed by atoms with van der Waals surface area (Å²) in [5, 5.41) is 2.24. The predicted molar refractivity (Wildman–Crippen MR) is 230 cm³/mol. The van der Waals surface area contributed by atoms with Gasteiger partial charge < -0.3 is 14.5 Å². The van der Waals surface area contributed by atoms with Crippen molar-refractivity contribution in [1.82, 2.24) is 0 Å². The lowest BCUT2D eigenvalue weighted by Crippen LogP contribution is -2.11. The van der Waals surface area contributed by atoms with Gasteiger partial charge in [0.05, 0.1) is 5.69 Å². The molecule has 0 saturated heterocycles. The molecule has 9 aromatic rings. The molecule has 0 radical (unpaired) electrons. The molecular weight excluding hydrogens is 669 g/mol. The fourth-order valence-corrected chi connectivity index (χ4v) is 7.83. The highest BCUT2D eigenvalue weighted by molar-refractivity contribution is 6.11. The average molecular weight is 705 g/mol. The number of hydrogen-bond donors (Lipinski definition) is 0. The second-order valence-electron chi connectivity index (χ2n) is 13.8. The number of benzene rings is 9. The molecule has 1 heterocycles. The second-order valence-corrected chi connectivity index (χ2v) is 13.8. The normalized spacial score (nSPS) is 11.4. The highest BCUT2D eigenvalue weighted by Crippen LogP contribution is 2.52. The Bertz CT molecular complexity index is 2750. The van der Waals surface area contributed by atoms with Gasteiger partial charge in [0, 0.05) is 50.8 Å². The summed E-state index contributed by atoms with van der Waals surface area (Å²) in [6, 6.07) is 77.3. The molecule has 0 amide bonds. The van der Waals surface area contributed by atoms with Crippen molar-refractivity contribution in [3.8, 4) is 44.9 Å². The summed E-state index contributed by atoms with van der Waals surface area (Å²) in [6.07, 6.45) is 0. The van der Waals surface area contributed by atoms with Gasteiger partial charge in [-0.05, 0) is 101 Å². The molecule has 1 aliphatic rings. The monoisotopic (exact) mass is 704 g/mol. The SMILES string of the molecule is c1ccc(-c2ccc(N(c3ccccc3)c3ccc4c(c3)Oc3ccc(N(c5ccccc5)c5ccc(-c6ccccc6)cc5)c5cccc-4c35)cc2)cc1. The molecule has 260 valence electrons. The maximum atomic E-state index is 6.85. The maximum absolute atomic E-state index is 6.85. The Morgan fingerprint density at radius 3 is 1.35 bits per heavy atom. The molecule has 0 unspecified atom stereocenters. The van der Waals surface area contributed by atoms with Gasteiger partial charge in [-0.25, -0.2) is 0 Å². The van der Waals surface area contributed by atoms with E-state index in [9.17, 15) is 0 Å². The molecule has 0 spiro atoms. The van der Waals surface area contributed by atoms with Crippen molar-refractivity contribution in [2.75, 3.05) is 9.80 Å². The summed E-state index contributed by atoms with van der Waals surface area (Å²) < 4.78 is 6.85. The molecule has 55 heavy (non-hydrogen) atoms. The smallest absolute Gasteiger partial charge is 0.137 e. The minimum Gasteiger partial charge on any atom is -0.456 e. The van der Waals surface area contributed by atoms with E-state index in [0.717, 1.165) is 67.5 Å². The lowest BCUT2D eigenvalue weighted by Gasteiger charge is -2.30. The van der Waals surface area contributed by atoms with E-state index in [-0.39, 0.29) is 0 Å². The van der Waals surface area contributed by atoms with Crippen LogP contribution < -0.4 is 14.5 Å². The van der Waals surface area contributed by atoms with Gasteiger partial charge in [0.25, 0.3) is 0 Å². The number of fused-ring (bicyclic) bond motifs is 2. The van der Waals surface area contributed by atoms with Crippen LogP contribution in [0.5, 0.6) is 11.5 Å². The zero-order valence-electron chi connectivity index (χ0n) is 30.1. The molecule has 0 atom stereocenters. The number of hydrogen-bond acceptors (Lipinski definition) is 3. The third-order valence-electron chi connectivity index (χ3n) is 10.4. The molecule has 10 rings (SSSR count). The van der Waals surface area contributed by atoms with E-state index in [0.29, 0.717) is 0 Å². The van der Waals surface area contributed by atoms with Crippen LogP contribution in [-0.2, 0) is 0 Å². The Balaban J connectivity index is 1.06. The average Bonchev–Trinajstić information content (AvgIpc) is 3.26. The van der Waals surface area contributed by atoms with Crippen LogP contribution in [0.25, 0.3) is 44.2 Å². The molecule has 0 aliphatic carbocycles. The zero-order chi connectivity index (χ0) is 36.6. The summed E-state index contributed by atoms with van der Waals surface area (Å²) >= 11 is 0. The molecule has 0 bridgehead atoms. The van der Waals surface area contributed by atoms with E-state index in [1.54, 1.807) is 0 Å². The largest absolute Gasteiger partial charge is 0.456 e. The zero-order valence-corrected chi connectivity index (χ0v) is 30.1. The van der Waals surface area contributed by atoms with Crippen LogP contribution in [0.1, 0.15) is 0 Å². The molecule has 9 aromatic carbocycles. The summed E-state index contributed by atoms with van der Waals surface area (Å²) in [5.41, 5.74) is 13.5. The molecule has 0 aromatic heterocycles. The van der Waals surface area contributed by atoms with E-state index < -0.39 is 0 Å². The summed E-state index contributed by atoms with van der Waals surface area (Å²) in [7, 11) is 0. The number of para-hydroxylation sites is 2. The van der Waals surface area contributed by atoms with Gasteiger partial charge in [0.1, 0.15) is 11.5 Å². The first-order valence-corrected chi connectivity index (χ1v) is 18.7. The predicted octanol–water partition coefficient (Wildman–Crippen LogP) is 14.9. The number of ether oxygens (including phenoxy) is 1. The van der Waals surface area contributed by atoms with Gasteiger partial charge in [-0.1, -0.05) is 140 Å². The Morgan fingerprint density at radius 1 is 0.291 bits per heavy atom. The Kier molecular flexibility index (Phi) is 8.16. The highest BCUT2D eigenvalue weighted by atomic mass is 16.5. The Morgan fingerprint density at radius 2 is 0.764 bits per heavy atom. The molecular formula is C52H36N2O. The molecule has 3 heteroatoms. The first kappa shape index (κ1) is 32.3. The second kappa shape index (κ2) is 13.9. The topological polar surface area (TPSA) is 15.7 Å². The summed E-state index contributed by atoms with van der Waals surface area (Å²) in [5.74, 6) is 1.69. The molecule has 0 N–H and O–H groups in total. The Labute approximate surface area is 321 Å². The molecule has 1 aliphatic heterocycles. The van der Waals surface area contributed by atoms with Crippen LogP contribution in [0, 0.1) is 0 Å². The first-order chi connectivity index (χ1) is 27.3. The minimum atomic E-state index is 0.837. The summed E-state index contributed by atoms with van der Waals surface area (Å²) in [4.78, 5) is 4.63. The quantitative estimate of drug-likeness (QED) is 0.157. The molecule has 0 fully saturated rings. The van der Waals surface area contributed by atoms with Crippen molar-refractivity contribution >= 4 is 44.9 Å². The summed E-state index contributed by atoms with van der Waals surface area (Å²) in [6.45, 7) is 0. The lowest BCUT2D eigenvalue weighted by atomic mass is 9.93. The van der Waals surface area contributed by atoms with Crippen molar-refractivity contribution < 1.29 is 4.74 Å². The van der Waals surface area contributed by atoms with Crippen LogP contribution in [0.2, 0.25) is 0 Å². The standard InChI is InChI=1S/C52H36N2O/c1-5-14-37(15-6-1)39-24-28-43(29-25-39)53(41-18-9-3-10-19-41)45-32-33-46-47-22-13-23-48-49(34-35-50(52(47)48)55-51(46)36-45)54(42-20-11-4-12-21-42)44-30-26-40(27-31-44)38-16-7-2-8-17-38/h1-36H. The van der Waals surface area contributed by atoms with Crippen LogP contribution in [0.4, 0.5) is 34.1 Å². The lowest BCUT2D eigenvalue weighted by molar-refractivity contribution is 0.487. The van der Waals surface area contributed by atoms with Gasteiger partial charge in [0.2, 0.25) is 0 Å². The fourth-order valence-electron chi connectivity index (χ4n) is 7.83. The van der Waals surface area contributed by atoms with Crippen molar-refractivity contribution in [3.63, 3.8) is 0 Å².